The topological polar surface area (TPSA) is 88.4 Å². The fourth-order valence-corrected chi connectivity index (χ4v) is 2.88. The molecule has 0 atom stereocenters. The molecule has 0 radical (unpaired) electrons. The molecule has 8 heteroatoms. The molecule has 0 unspecified atom stereocenters. The second-order valence-corrected chi connectivity index (χ2v) is 5.93. The molecule has 2 rings (SSSR count). The molecule has 122 valence electrons. The molecule has 0 saturated carbocycles. The van der Waals surface area contributed by atoms with Gasteiger partial charge >= 0.3 is 0 Å². The first kappa shape index (κ1) is 16.9. The van der Waals surface area contributed by atoms with Crippen LogP contribution in [0.25, 0.3) is 0 Å². The van der Waals surface area contributed by atoms with E-state index in [1.54, 1.807) is 31.5 Å². The molecule has 0 aliphatic carbocycles. The third-order valence-electron chi connectivity index (χ3n) is 3.36. The van der Waals surface area contributed by atoms with Crippen LogP contribution in [0, 0.1) is 10.1 Å². The summed E-state index contributed by atoms with van der Waals surface area (Å²) in [5.41, 5.74) is 1.36. The quantitative estimate of drug-likeness (QED) is 0.648. The molecule has 23 heavy (non-hydrogen) atoms. The lowest BCUT2D eigenvalue weighted by Crippen LogP contribution is -2.26. The van der Waals surface area contributed by atoms with Gasteiger partial charge in [0, 0.05) is 31.1 Å². The monoisotopic (exact) mass is 334 g/mol. The molecule has 1 aromatic carbocycles. The summed E-state index contributed by atoms with van der Waals surface area (Å²) in [6.07, 6.45) is 0.861. The summed E-state index contributed by atoms with van der Waals surface area (Å²) in [6.45, 7) is 2.40. The molecule has 0 saturated heterocycles. The minimum Gasteiger partial charge on any atom is -0.383 e. The number of aromatic nitrogens is 1. The Morgan fingerprint density at radius 3 is 2.78 bits per heavy atom. The molecule has 1 N–H and O–H groups in total. The van der Waals surface area contributed by atoms with Crippen molar-refractivity contribution in [2.45, 2.75) is 19.9 Å². The zero-order valence-electron chi connectivity index (χ0n) is 13.2. The predicted octanol–water partition coefficient (Wildman–Crippen LogP) is 2.93. The lowest BCUT2D eigenvalue weighted by Gasteiger charge is -2.16. The second-order valence-electron chi connectivity index (χ2n) is 4.99. The summed E-state index contributed by atoms with van der Waals surface area (Å²) >= 11 is 1.56. The van der Waals surface area contributed by atoms with Gasteiger partial charge in [0.2, 0.25) is 0 Å². The highest BCUT2D eigenvalue weighted by atomic mass is 32.1. The largest absolute Gasteiger partial charge is 0.383 e. The Labute approximate surface area is 138 Å². The van der Waals surface area contributed by atoms with Crippen LogP contribution in [0.3, 0.4) is 0 Å². The summed E-state index contributed by atoms with van der Waals surface area (Å²) in [7, 11) is 3.26. The van der Waals surface area contributed by atoms with Gasteiger partial charge in [0.05, 0.1) is 22.2 Å². The van der Waals surface area contributed by atoms with Crippen LogP contribution in [0.2, 0.25) is 0 Å². The minimum atomic E-state index is -0.503. The highest BCUT2D eigenvalue weighted by Crippen LogP contribution is 2.25. The van der Waals surface area contributed by atoms with Crippen LogP contribution in [-0.4, -0.2) is 34.8 Å². The molecular weight excluding hydrogens is 316 g/mol. The maximum absolute atomic E-state index is 12.5. The number of amides is 1. The normalized spacial score (nSPS) is 10.4. The fraction of sp³-hybridized carbons (Fsp3) is 0.333. The Bertz CT molecular complexity index is 729. The van der Waals surface area contributed by atoms with Crippen LogP contribution < -0.4 is 5.32 Å². The number of hydrogen-bond acceptors (Lipinski definition) is 6. The van der Waals surface area contributed by atoms with E-state index in [0.29, 0.717) is 12.2 Å². The van der Waals surface area contributed by atoms with Crippen LogP contribution >= 0.6 is 11.3 Å². The number of nitrogens with zero attached hydrogens (tertiary/aromatic N) is 3. The first-order chi connectivity index (χ1) is 11.0. The number of anilines is 1. The number of benzene rings is 1. The second kappa shape index (κ2) is 7.19. The van der Waals surface area contributed by atoms with Gasteiger partial charge in [0.1, 0.15) is 5.69 Å². The Balaban J connectivity index is 2.18. The first-order valence-corrected chi connectivity index (χ1v) is 7.99. The lowest BCUT2D eigenvalue weighted by atomic mass is 10.1. The number of nitro benzene ring substituents is 1. The average Bonchev–Trinajstić information content (AvgIpc) is 3.00. The van der Waals surface area contributed by atoms with Crippen LogP contribution in [0.15, 0.2) is 23.6 Å². The van der Waals surface area contributed by atoms with Gasteiger partial charge in [-0.1, -0.05) is 6.92 Å². The molecule has 2 aromatic rings. The van der Waals surface area contributed by atoms with Crippen LogP contribution in [0.5, 0.6) is 0 Å². The molecular formula is C15H18N4O3S. The molecule has 0 aliphatic rings. The van der Waals surface area contributed by atoms with E-state index in [1.807, 2.05) is 12.3 Å². The maximum atomic E-state index is 12.5. The van der Waals surface area contributed by atoms with Gasteiger partial charge < -0.3 is 10.2 Å². The predicted molar refractivity (Wildman–Crippen MR) is 89.9 cm³/mol. The molecule has 1 aromatic heterocycles. The highest BCUT2D eigenvalue weighted by Gasteiger charge is 2.19. The van der Waals surface area contributed by atoms with Crippen molar-refractivity contribution in [3.05, 3.63) is 50.0 Å². The van der Waals surface area contributed by atoms with E-state index < -0.39 is 4.92 Å². The van der Waals surface area contributed by atoms with E-state index in [-0.39, 0.29) is 17.2 Å². The van der Waals surface area contributed by atoms with Crippen molar-refractivity contribution in [3.63, 3.8) is 0 Å². The molecule has 1 heterocycles. The summed E-state index contributed by atoms with van der Waals surface area (Å²) in [5.74, 6) is -0.276. The van der Waals surface area contributed by atoms with Crippen molar-refractivity contribution in [2.24, 2.45) is 0 Å². The fourth-order valence-electron chi connectivity index (χ4n) is 2.15. The molecule has 0 fully saturated rings. The number of hydrogen-bond donors (Lipinski definition) is 1. The molecule has 0 spiro atoms. The number of nitrogens with one attached hydrogen (secondary N) is 1. The van der Waals surface area contributed by atoms with Gasteiger partial charge in [-0.3, -0.25) is 14.9 Å². The van der Waals surface area contributed by atoms with Crippen molar-refractivity contribution >= 4 is 28.6 Å². The van der Waals surface area contributed by atoms with Gasteiger partial charge in [-0.2, -0.15) is 0 Å². The highest BCUT2D eigenvalue weighted by molar-refractivity contribution is 7.09. The van der Waals surface area contributed by atoms with E-state index in [2.05, 4.69) is 10.3 Å². The van der Waals surface area contributed by atoms with E-state index in [9.17, 15) is 14.9 Å². The number of rotatable bonds is 6. The van der Waals surface area contributed by atoms with E-state index in [1.165, 1.54) is 17.0 Å². The van der Waals surface area contributed by atoms with Gasteiger partial charge in [0.15, 0.2) is 0 Å². The summed E-state index contributed by atoms with van der Waals surface area (Å²) < 4.78 is 0. The van der Waals surface area contributed by atoms with Crippen LogP contribution in [0.1, 0.15) is 28.0 Å². The third-order valence-corrected chi connectivity index (χ3v) is 4.40. The van der Waals surface area contributed by atoms with Crippen molar-refractivity contribution in [1.82, 2.24) is 9.88 Å². The van der Waals surface area contributed by atoms with E-state index >= 15 is 0 Å². The van der Waals surface area contributed by atoms with Crippen molar-refractivity contribution < 1.29 is 9.72 Å². The number of nitro groups is 1. The SMILES string of the molecule is CCc1nc(CN(C)C(=O)c2ccc(NC)c([N+](=O)[O-])c2)cs1. The average molecular weight is 334 g/mol. The Morgan fingerprint density at radius 1 is 1.48 bits per heavy atom. The summed E-state index contributed by atoms with van der Waals surface area (Å²) in [5, 5.41) is 16.8. The third kappa shape index (κ3) is 3.84. The molecule has 0 bridgehead atoms. The lowest BCUT2D eigenvalue weighted by molar-refractivity contribution is -0.384. The first-order valence-electron chi connectivity index (χ1n) is 7.11. The summed E-state index contributed by atoms with van der Waals surface area (Å²) in [4.78, 5) is 29.0. The van der Waals surface area contributed by atoms with Gasteiger partial charge in [-0.25, -0.2) is 4.98 Å². The van der Waals surface area contributed by atoms with Crippen molar-refractivity contribution in [1.29, 1.82) is 0 Å². The van der Waals surface area contributed by atoms with E-state index in [0.717, 1.165) is 17.1 Å². The number of carbonyl (C=O) groups excluding carboxylic acids is 1. The zero-order chi connectivity index (χ0) is 17.0. The molecule has 0 aliphatic heterocycles. The Kier molecular flexibility index (Phi) is 5.28. The minimum absolute atomic E-state index is 0.117. The van der Waals surface area contributed by atoms with Crippen molar-refractivity contribution in [2.75, 3.05) is 19.4 Å². The van der Waals surface area contributed by atoms with Gasteiger partial charge in [-0.15, -0.1) is 11.3 Å². The van der Waals surface area contributed by atoms with Crippen molar-refractivity contribution in [3.8, 4) is 0 Å². The summed E-state index contributed by atoms with van der Waals surface area (Å²) in [6, 6.07) is 4.41. The van der Waals surface area contributed by atoms with E-state index in [4.69, 9.17) is 0 Å². The van der Waals surface area contributed by atoms with Gasteiger partial charge in [0.25, 0.3) is 11.6 Å². The Hall–Kier alpha value is -2.48. The van der Waals surface area contributed by atoms with Crippen LogP contribution in [0.4, 0.5) is 11.4 Å². The number of aryl methyl sites for hydroxylation is 1. The maximum Gasteiger partial charge on any atom is 0.293 e. The molecule has 1 amide bonds. The standard InChI is InChI=1S/C15H18N4O3S/c1-4-14-17-11(9-23-14)8-18(3)15(20)10-5-6-12(16-2)13(7-10)19(21)22/h5-7,9,16H,4,8H2,1-3H3. The van der Waals surface area contributed by atoms with Crippen LogP contribution in [-0.2, 0) is 13.0 Å². The Morgan fingerprint density at radius 2 is 2.22 bits per heavy atom. The zero-order valence-corrected chi connectivity index (χ0v) is 14.0. The molecule has 7 nitrogen and oxygen atoms in total. The number of carbonyl (C=O) groups is 1. The smallest absolute Gasteiger partial charge is 0.293 e. The van der Waals surface area contributed by atoms with Gasteiger partial charge in [-0.05, 0) is 18.6 Å². The number of thiazole rings is 1.